The molecule has 4 rings (SSSR count). The summed E-state index contributed by atoms with van der Waals surface area (Å²) in [6.45, 7) is 4.16. The number of amides is 2. The molecule has 2 aliphatic heterocycles. The fourth-order valence-electron chi connectivity index (χ4n) is 3.93. The molecule has 0 aromatic carbocycles. The van der Waals surface area contributed by atoms with E-state index in [1.807, 2.05) is 11.8 Å². The van der Waals surface area contributed by atoms with Crippen LogP contribution in [0, 0.1) is 17.8 Å². The third-order valence-corrected chi connectivity index (χ3v) is 5.77. The molecule has 4 aliphatic rings. The van der Waals surface area contributed by atoms with Crippen molar-refractivity contribution in [3.63, 3.8) is 0 Å². The van der Waals surface area contributed by atoms with Crippen molar-refractivity contribution >= 4 is 11.8 Å². The molecule has 5 nitrogen and oxygen atoms in total. The van der Waals surface area contributed by atoms with Crippen LogP contribution in [0.15, 0.2) is 0 Å². The molecule has 0 radical (unpaired) electrons. The summed E-state index contributed by atoms with van der Waals surface area (Å²) in [7, 11) is 0. The largest absolute Gasteiger partial charge is 0.381 e. The van der Waals surface area contributed by atoms with E-state index in [2.05, 4.69) is 5.32 Å². The van der Waals surface area contributed by atoms with E-state index < -0.39 is 5.54 Å². The van der Waals surface area contributed by atoms with Crippen molar-refractivity contribution in [1.82, 2.24) is 10.2 Å². The van der Waals surface area contributed by atoms with Crippen LogP contribution in [0.4, 0.5) is 0 Å². The van der Waals surface area contributed by atoms with Gasteiger partial charge in [-0.15, -0.1) is 0 Å². The molecular weight excluding hydrogens is 268 g/mol. The Labute approximate surface area is 125 Å². The molecule has 0 bridgehead atoms. The van der Waals surface area contributed by atoms with Crippen molar-refractivity contribution < 1.29 is 14.3 Å². The van der Waals surface area contributed by atoms with E-state index in [1.54, 1.807) is 0 Å². The lowest BCUT2D eigenvalue weighted by atomic mass is 9.86. The molecule has 3 unspecified atom stereocenters. The summed E-state index contributed by atoms with van der Waals surface area (Å²) >= 11 is 0. The lowest BCUT2D eigenvalue weighted by Crippen LogP contribution is -2.71. The van der Waals surface area contributed by atoms with E-state index in [1.165, 1.54) is 0 Å². The number of nitrogens with one attached hydrogen (secondary N) is 1. The molecule has 4 fully saturated rings. The maximum atomic E-state index is 13.0. The summed E-state index contributed by atoms with van der Waals surface area (Å²) in [5, 5.41) is 3.03. The van der Waals surface area contributed by atoms with Gasteiger partial charge in [0.15, 0.2) is 0 Å². The first-order chi connectivity index (χ1) is 10.1. The van der Waals surface area contributed by atoms with E-state index in [4.69, 9.17) is 4.74 Å². The van der Waals surface area contributed by atoms with Crippen molar-refractivity contribution in [2.75, 3.05) is 19.8 Å². The Hall–Kier alpha value is -1.10. The fraction of sp³-hybridized carbons (Fsp3) is 0.875. The second-order valence-corrected chi connectivity index (χ2v) is 7.39. The SMILES string of the molecule is CC1(C2CC2)C(=O)NC(C2CC2)C(=O)N1CC1CCOC1. The van der Waals surface area contributed by atoms with Gasteiger partial charge in [0.2, 0.25) is 11.8 Å². The minimum Gasteiger partial charge on any atom is -0.381 e. The van der Waals surface area contributed by atoms with Crippen LogP contribution in [0.5, 0.6) is 0 Å². The molecule has 5 heteroatoms. The number of piperazine rings is 1. The smallest absolute Gasteiger partial charge is 0.246 e. The second kappa shape index (κ2) is 4.70. The van der Waals surface area contributed by atoms with Crippen LogP contribution in [0.25, 0.3) is 0 Å². The molecule has 2 saturated heterocycles. The maximum absolute atomic E-state index is 13.0. The topological polar surface area (TPSA) is 58.6 Å². The van der Waals surface area contributed by atoms with Crippen molar-refractivity contribution in [3.8, 4) is 0 Å². The number of carbonyl (C=O) groups excluding carboxylic acids is 2. The van der Waals surface area contributed by atoms with Gasteiger partial charge in [0.05, 0.1) is 6.61 Å². The number of nitrogens with zero attached hydrogens (tertiary/aromatic N) is 1. The molecule has 116 valence electrons. The lowest BCUT2D eigenvalue weighted by molar-refractivity contribution is -0.159. The molecule has 1 N–H and O–H groups in total. The van der Waals surface area contributed by atoms with E-state index in [9.17, 15) is 9.59 Å². The van der Waals surface area contributed by atoms with Crippen LogP contribution in [0.3, 0.4) is 0 Å². The highest BCUT2D eigenvalue weighted by molar-refractivity contribution is 6.00. The first-order valence-corrected chi connectivity index (χ1v) is 8.31. The molecule has 2 heterocycles. The summed E-state index contributed by atoms with van der Waals surface area (Å²) in [6.07, 6.45) is 5.25. The second-order valence-electron chi connectivity index (χ2n) is 7.39. The molecule has 21 heavy (non-hydrogen) atoms. The van der Waals surface area contributed by atoms with Gasteiger partial charge in [0, 0.05) is 19.1 Å². The predicted octanol–water partition coefficient (Wildman–Crippen LogP) is 0.929. The van der Waals surface area contributed by atoms with Gasteiger partial charge in [0.25, 0.3) is 0 Å². The van der Waals surface area contributed by atoms with Gasteiger partial charge in [-0.25, -0.2) is 0 Å². The Morgan fingerprint density at radius 1 is 1.24 bits per heavy atom. The van der Waals surface area contributed by atoms with Gasteiger partial charge in [0.1, 0.15) is 11.6 Å². The van der Waals surface area contributed by atoms with Crippen LogP contribution >= 0.6 is 0 Å². The zero-order valence-electron chi connectivity index (χ0n) is 12.6. The van der Waals surface area contributed by atoms with Gasteiger partial charge < -0.3 is 15.0 Å². The van der Waals surface area contributed by atoms with Gasteiger partial charge in [-0.05, 0) is 50.9 Å². The fourth-order valence-corrected chi connectivity index (χ4v) is 3.93. The van der Waals surface area contributed by atoms with Crippen LogP contribution in [0.1, 0.15) is 39.0 Å². The summed E-state index contributed by atoms with van der Waals surface area (Å²) in [6, 6.07) is -0.272. The van der Waals surface area contributed by atoms with Crippen molar-refractivity contribution in [2.24, 2.45) is 17.8 Å². The Morgan fingerprint density at radius 3 is 2.57 bits per heavy atom. The molecule has 2 aliphatic carbocycles. The summed E-state index contributed by atoms with van der Waals surface area (Å²) in [4.78, 5) is 27.6. The molecule has 2 saturated carbocycles. The Balaban J connectivity index is 1.61. The number of ether oxygens (including phenoxy) is 1. The Morgan fingerprint density at radius 2 is 2.00 bits per heavy atom. The van der Waals surface area contributed by atoms with Crippen LogP contribution in [-0.2, 0) is 14.3 Å². The number of hydrogen-bond donors (Lipinski definition) is 1. The number of carbonyl (C=O) groups is 2. The van der Waals surface area contributed by atoms with Crippen molar-refractivity contribution in [3.05, 3.63) is 0 Å². The van der Waals surface area contributed by atoms with Crippen LogP contribution in [-0.4, -0.2) is 48.1 Å². The standard InChI is InChI=1S/C16H24N2O3/c1-16(12-4-5-12)15(20)17-13(11-2-3-11)14(19)18(16)8-10-6-7-21-9-10/h10-13H,2-9H2,1H3,(H,17,20). The minimum absolute atomic E-state index is 0.0698. The predicted molar refractivity (Wildman–Crippen MR) is 76.4 cm³/mol. The summed E-state index contributed by atoms with van der Waals surface area (Å²) in [5.41, 5.74) is -0.634. The zero-order valence-corrected chi connectivity index (χ0v) is 12.6. The van der Waals surface area contributed by atoms with Crippen LogP contribution < -0.4 is 5.32 Å². The molecule has 2 amide bonds. The van der Waals surface area contributed by atoms with Crippen molar-refractivity contribution in [2.45, 2.75) is 50.6 Å². The first kappa shape index (κ1) is 13.6. The normalized spacial score (nSPS) is 40.5. The van der Waals surface area contributed by atoms with Gasteiger partial charge in [-0.1, -0.05) is 0 Å². The quantitative estimate of drug-likeness (QED) is 0.838. The third kappa shape index (κ3) is 2.17. The minimum atomic E-state index is -0.634. The number of rotatable bonds is 4. The molecule has 0 spiro atoms. The highest BCUT2D eigenvalue weighted by Gasteiger charge is 2.59. The van der Waals surface area contributed by atoms with E-state index in [0.717, 1.165) is 45.3 Å². The first-order valence-electron chi connectivity index (χ1n) is 8.31. The van der Waals surface area contributed by atoms with E-state index in [0.29, 0.717) is 24.3 Å². The number of hydrogen-bond acceptors (Lipinski definition) is 3. The van der Waals surface area contributed by atoms with E-state index >= 15 is 0 Å². The van der Waals surface area contributed by atoms with E-state index in [-0.39, 0.29) is 17.9 Å². The van der Waals surface area contributed by atoms with Crippen LogP contribution in [0.2, 0.25) is 0 Å². The molecule has 3 atom stereocenters. The average Bonchev–Trinajstić information content (AvgIpc) is 3.38. The zero-order chi connectivity index (χ0) is 14.6. The summed E-state index contributed by atoms with van der Waals surface area (Å²) < 4.78 is 5.45. The lowest BCUT2D eigenvalue weighted by Gasteiger charge is -2.47. The molecule has 0 aromatic rings. The highest BCUT2D eigenvalue weighted by Crippen LogP contribution is 2.47. The van der Waals surface area contributed by atoms with Crippen molar-refractivity contribution in [1.29, 1.82) is 0 Å². The van der Waals surface area contributed by atoms with Gasteiger partial charge in [-0.2, -0.15) is 0 Å². The Kier molecular flexibility index (Phi) is 3.03. The third-order valence-electron chi connectivity index (χ3n) is 5.77. The molecule has 0 aromatic heterocycles. The highest BCUT2D eigenvalue weighted by atomic mass is 16.5. The van der Waals surface area contributed by atoms with Gasteiger partial charge >= 0.3 is 0 Å². The maximum Gasteiger partial charge on any atom is 0.246 e. The van der Waals surface area contributed by atoms with Gasteiger partial charge in [-0.3, -0.25) is 9.59 Å². The molecular formula is C16H24N2O3. The Bertz CT molecular complexity index is 466. The summed E-state index contributed by atoms with van der Waals surface area (Å²) in [5.74, 6) is 1.31. The monoisotopic (exact) mass is 292 g/mol. The average molecular weight is 292 g/mol.